The molecule has 1 atom stereocenters. The second-order valence-electron chi connectivity index (χ2n) is 5.53. The summed E-state index contributed by atoms with van der Waals surface area (Å²) in [6.45, 7) is 3.52. The van der Waals surface area contributed by atoms with Gasteiger partial charge in [-0.3, -0.25) is 9.88 Å². The minimum absolute atomic E-state index is 0.464. The number of likely N-dealkylation sites (N-methyl/N-ethyl adjacent to an activating group) is 1. The van der Waals surface area contributed by atoms with Gasteiger partial charge < -0.3 is 5.11 Å². The summed E-state index contributed by atoms with van der Waals surface area (Å²) in [5, 5.41) is 10.3. The molecule has 0 aliphatic heterocycles. The lowest BCUT2D eigenvalue weighted by molar-refractivity contribution is 0.123. The Labute approximate surface area is 127 Å². The van der Waals surface area contributed by atoms with Gasteiger partial charge in [-0.15, -0.1) is 0 Å². The summed E-state index contributed by atoms with van der Waals surface area (Å²) < 4.78 is 0. The van der Waals surface area contributed by atoms with E-state index in [-0.39, 0.29) is 0 Å². The van der Waals surface area contributed by atoms with Crippen LogP contribution < -0.4 is 0 Å². The predicted molar refractivity (Wildman–Crippen MR) is 86.0 cm³/mol. The van der Waals surface area contributed by atoms with Gasteiger partial charge in [-0.1, -0.05) is 43.7 Å². The molecule has 0 bridgehead atoms. The van der Waals surface area contributed by atoms with E-state index in [0.717, 1.165) is 30.6 Å². The molecule has 0 radical (unpaired) electrons. The highest BCUT2D eigenvalue weighted by molar-refractivity contribution is 5.24. The molecule has 1 N–H and O–H groups in total. The van der Waals surface area contributed by atoms with E-state index in [1.165, 1.54) is 5.56 Å². The van der Waals surface area contributed by atoms with Crippen LogP contribution in [-0.2, 0) is 13.0 Å². The molecule has 0 saturated carbocycles. The Morgan fingerprint density at radius 1 is 1.14 bits per heavy atom. The lowest BCUT2D eigenvalue weighted by Gasteiger charge is -2.20. The van der Waals surface area contributed by atoms with Crippen molar-refractivity contribution in [1.29, 1.82) is 0 Å². The monoisotopic (exact) mass is 284 g/mol. The fourth-order valence-electron chi connectivity index (χ4n) is 2.43. The maximum atomic E-state index is 10.3. The van der Waals surface area contributed by atoms with Gasteiger partial charge in [0.15, 0.2) is 0 Å². The van der Waals surface area contributed by atoms with Gasteiger partial charge >= 0.3 is 0 Å². The summed E-state index contributed by atoms with van der Waals surface area (Å²) in [5.74, 6) is 0. The van der Waals surface area contributed by atoms with E-state index < -0.39 is 6.10 Å². The number of aromatic nitrogens is 1. The first kappa shape index (κ1) is 15.7. The Balaban J connectivity index is 1.89. The van der Waals surface area contributed by atoms with Gasteiger partial charge in [0.25, 0.3) is 0 Å². The molecule has 3 heteroatoms. The van der Waals surface area contributed by atoms with Gasteiger partial charge in [0.1, 0.15) is 0 Å². The van der Waals surface area contributed by atoms with Crippen molar-refractivity contribution in [2.45, 2.75) is 32.4 Å². The molecular formula is C18H24N2O. The van der Waals surface area contributed by atoms with E-state index in [9.17, 15) is 5.11 Å². The van der Waals surface area contributed by atoms with Crippen LogP contribution in [0.1, 0.15) is 36.3 Å². The molecule has 1 aromatic heterocycles. The zero-order valence-electron chi connectivity index (χ0n) is 12.9. The van der Waals surface area contributed by atoms with E-state index in [4.69, 9.17) is 0 Å². The Hall–Kier alpha value is -1.71. The molecule has 0 saturated heterocycles. The van der Waals surface area contributed by atoms with Crippen LogP contribution >= 0.6 is 0 Å². The van der Waals surface area contributed by atoms with Crippen molar-refractivity contribution < 1.29 is 5.11 Å². The summed E-state index contributed by atoms with van der Waals surface area (Å²) in [7, 11) is 2.00. The standard InChI is InChI=1S/C18H24N2O/c1-3-6-15-8-10-16(11-9-15)18(21)14-20(2)13-17-7-4-5-12-19-17/h4-5,7-12,18,21H,3,6,13-14H2,1-2H3. The summed E-state index contributed by atoms with van der Waals surface area (Å²) in [6, 6.07) is 14.2. The number of hydrogen-bond acceptors (Lipinski definition) is 3. The fraction of sp³-hybridized carbons (Fsp3) is 0.389. The van der Waals surface area contributed by atoms with Crippen molar-refractivity contribution in [1.82, 2.24) is 9.88 Å². The highest BCUT2D eigenvalue weighted by Crippen LogP contribution is 2.16. The number of aliphatic hydroxyl groups excluding tert-OH is 1. The lowest BCUT2D eigenvalue weighted by Crippen LogP contribution is -2.24. The Kier molecular flexibility index (Phi) is 5.90. The number of aryl methyl sites for hydroxylation is 1. The number of rotatable bonds is 7. The highest BCUT2D eigenvalue weighted by Gasteiger charge is 2.11. The SMILES string of the molecule is CCCc1ccc(C(O)CN(C)Cc2ccccn2)cc1. The van der Waals surface area contributed by atoms with Crippen molar-refractivity contribution in [3.05, 3.63) is 65.5 Å². The molecule has 21 heavy (non-hydrogen) atoms. The smallest absolute Gasteiger partial charge is 0.0916 e. The number of benzene rings is 1. The molecule has 112 valence electrons. The van der Waals surface area contributed by atoms with Gasteiger partial charge in [0.05, 0.1) is 11.8 Å². The molecule has 0 aliphatic rings. The average molecular weight is 284 g/mol. The normalized spacial score (nSPS) is 12.6. The molecule has 2 rings (SSSR count). The minimum atomic E-state index is -0.464. The first-order valence-corrected chi connectivity index (χ1v) is 7.54. The lowest BCUT2D eigenvalue weighted by atomic mass is 10.0. The first-order valence-electron chi connectivity index (χ1n) is 7.54. The van der Waals surface area contributed by atoms with E-state index in [0.29, 0.717) is 6.54 Å². The molecule has 0 spiro atoms. The van der Waals surface area contributed by atoms with Crippen LogP contribution in [0.2, 0.25) is 0 Å². The van der Waals surface area contributed by atoms with Crippen LogP contribution in [0.15, 0.2) is 48.7 Å². The summed E-state index contributed by atoms with van der Waals surface area (Å²) >= 11 is 0. The zero-order valence-corrected chi connectivity index (χ0v) is 12.9. The fourth-order valence-corrected chi connectivity index (χ4v) is 2.43. The van der Waals surface area contributed by atoms with Crippen molar-refractivity contribution in [3.8, 4) is 0 Å². The number of nitrogens with zero attached hydrogens (tertiary/aromatic N) is 2. The van der Waals surface area contributed by atoms with E-state index in [1.54, 1.807) is 6.20 Å². The van der Waals surface area contributed by atoms with Crippen LogP contribution in [0.4, 0.5) is 0 Å². The summed E-state index contributed by atoms with van der Waals surface area (Å²) in [4.78, 5) is 6.40. The third kappa shape index (κ3) is 4.96. The second kappa shape index (κ2) is 7.91. The predicted octanol–water partition coefficient (Wildman–Crippen LogP) is 3.20. The first-order chi connectivity index (χ1) is 10.2. The van der Waals surface area contributed by atoms with Crippen molar-refractivity contribution in [2.75, 3.05) is 13.6 Å². The molecule has 0 amide bonds. The second-order valence-corrected chi connectivity index (χ2v) is 5.53. The van der Waals surface area contributed by atoms with Crippen molar-refractivity contribution in [2.24, 2.45) is 0 Å². The largest absolute Gasteiger partial charge is 0.387 e. The molecule has 1 heterocycles. The van der Waals surface area contributed by atoms with E-state index in [2.05, 4.69) is 28.9 Å². The van der Waals surface area contributed by atoms with Crippen LogP contribution in [0.5, 0.6) is 0 Å². The maximum absolute atomic E-state index is 10.3. The number of aliphatic hydroxyl groups is 1. The molecule has 2 aromatic rings. The summed E-state index contributed by atoms with van der Waals surface area (Å²) in [6.07, 6.45) is 3.57. The van der Waals surface area contributed by atoms with Crippen molar-refractivity contribution in [3.63, 3.8) is 0 Å². The Morgan fingerprint density at radius 3 is 2.52 bits per heavy atom. The van der Waals surface area contributed by atoms with Gasteiger partial charge in [0.2, 0.25) is 0 Å². The molecule has 0 aliphatic carbocycles. The molecule has 3 nitrogen and oxygen atoms in total. The zero-order chi connectivity index (χ0) is 15.1. The molecular weight excluding hydrogens is 260 g/mol. The van der Waals surface area contributed by atoms with E-state index >= 15 is 0 Å². The van der Waals surface area contributed by atoms with E-state index in [1.807, 2.05) is 37.4 Å². The number of hydrogen-bond donors (Lipinski definition) is 1. The average Bonchev–Trinajstić information content (AvgIpc) is 2.49. The van der Waals surface area contributed by atoms with Gasteiger partial charge in [-0.2, -0.15) is 0 Å². The van der Waals surface area contributed by atoms with Crippen LogP contribution in [0.3, 0.4) is 0 Å². The number of pyridine rings is 1. The third-order valence-electron chi connectivity index (χ3n) is 3.55. The van der Waals surface area contributed by atoms with Crippen LogP contribution in [-0.4, -0.2) is 28.6 Å². The topological polar surface area (TPSA) is 36.4 Å². The van der Waals surface area contributed by atoms with Crippen LogP contribution in [0.25, 0.3) is 0 Å². The third-order valence-corrected chi connectivity index (χ3v) is 3.55. The van der Waals surface area contributed by atoms with Gasteiger partial charge in [0, 0.05) is 19.3 Å². The summed E-state index contributed by atoms with van der Waals surface area (Å²) in [5.41, 5.74) is 3.32. The van der Waals surface area contributed by atoms with Crippen molar-refractivity contribution >= 4 is 0 Å². The Bertz CT molecular complexity index is 525. The molecule has 1 unspecified atom stereocenters. The van der Waals surface area contributed by atoms with Gasteiger partial charge in [-0.05, 0) is 36.7 Å². The maximum Gasteiger partial charge on any atom is 0.0916 e. The minimum Gasteiger partial charge on any atom is -0.387 e. The highest BCUT2D eigenvalue weighted by atomic mass is 16.3. The molecule has 0 fully saturated rings. The quantitative estimate of drug-likeness (QED) is 0.848. The van der Waals surface area contributed by atoms with Gasteiger partial charge in [-0.25, -0.2) is 0 Å². The molecule has 1 aromatic carbocycles. The van der Waals surface area contributed by atoms with Crippen LogP contribution in [0, 0.1) is 0 Å². The Morgan fingerprint density at radius 2 is 1.90 bits per heavy atom.